The van der Waals surface area contributed by atoms with Crippen molar-refractivity contribution in [1.29, 1.82) is 0 Å². The van der Waals surface area contributed by atoms with E-state index in [-0.39, 0.29) is 0 Å². The number of nitrogens with zero attached hydrogens (tertiary/aromatic N) is 1. The summed E-state index contributed by atoms with van der Waals surface area (Å²) in [6.45, 7) is 7.05. The number of aliphatic imine (C=N–C) groups is 1. The fraction of sp³-hybridized carbons (Fsp3) is 0.650. The molecule has 2 rings (SSSR count). The van der Waals surface area contributed by atoms with E-state index in [4.69, 9.17) is 4.99 Å². The van der Waals surface area contributed by atoms with Crippen molar-refractivity contribution in [3.63, 3.8) is 0 Å². The molecule has 2 heteroatoms. The van der Waals surface area contributed by atoms with Gasteiger partial charge in [0.05, 0.1) is 0 Å². The third-order valence-electron chi connectivity index (χ3n) is 5.24. The number of rotatable bonds is 10. The van der Waals surface area contributed by atoms with E-state index in [1.54, 1.807) is 3.73 Å². The molecule has 0 fully saturated rings. The molecule has 122 valence electrons. The Morgan fingerprint density at radius 1 is 0.864 bits per heavy atom. The molecular weight excluding hydrogens is 373 g/mol. The zero-order valence-corrected chi connectivity index (χ0v) is 17.7. The van der Waals surface area contributed by atoms with Crippen molar-refractivity contribution < 1.29 is 0 Å². The minimum atomic E-state index is -2.26. The molecule has 0 aromatic heterocycles. The molecule has 1 aromatic carbocycles. The molecule has 22 heavy (non-hydrogen) atoms. The Labute approximate surface area is 141 Å². The van der Waals surface area contributed by atoms with Crippen molar-refractivity contribution >= 4 is 27.8 Å². The Morgan fingerprint density at radius 3 is 1.91 bits per heavy atom. The molecule has 0 unspecified atom stereocenters. The van der Waals surface area contributed by atoms with Gasteiger partial charge in [-0.15, -0.1) is 0 Å². The monoisotopic (exact) mass is 407 g/mol. The van der Waals surface area contributed by atoms with Crippen LogP contribution in [0.4, 0.5) is 5.69 Å². The number of benzene rings is 1. The Kier molecular flexibility index (Phi) is 7.46. The van der Waals surface area contributed by atoms with Crippen molar-refractivity contribution in [1.82, 2.24) is 0 Å². The van der Waals surface area contributed by atoms with Gasteiger partial charge >= 0.3 is 142 Å². The van der Waals surface area contributed by atoms with Crippen molar-refractivity contribution in [2.45, 2.75) is 79.0 Å². The van der Waals surface area contributed by atoms with Crippen molar-refractivity contribution in [3.05, 3.63) is 29.8 Å². The molecule has 0 N–H and O–H groups in total. The van der Waals surface area contributed by atoms with Crippen LogP contribution in [0.1, 0.15) is 64.9 Å². The van der Waals surface area contributed by atoms with E-state index in [0.29, 0.717) is 0 Å². The van der Waals surface area contributed by atoms with Gasteiger partial charge in [0.15, 0.2) is 0 Å². The Bertz CT molecular complexity index is 470. The molecule has 0 spiro atoms. The summed E-state index contributed by atoms with van der Waals surface area (Å²) in [5.41, 5.74) is 2.77. The van der Waals surface area contributed by atoms with Crippen LogP contribution in [-0.2, 0) is 6.42 Å². The van der Waals surface area contributed by atoms with E-state index in [2.05, 4.69) is 45.0 Å². The van der Waals surface area contributed by atoms with E-state index in [0.717, 1.165) is 0 Å². The standard InChI is InChI=1S/C8H6N.3C4H9.Sn/c1-2-4-8-7(3-1)5-6-9-8;3*1-3-4-2;/h1-4H,5H2;3*1,3-4H2,2H3;. The second kappa shape index (κ2) is 9.10. The summed E-state index contributed by atoms with van der Waals surface area (Å²) >= 11 is -2.26. The van der Waals surface area contributed by atoms with Crippen LogP contribution in [0.15, 0.2) is 29.3 Å². The predicted molar refractivity (Wildman–Crippen MR) is 102 cm³/mol. The zero-order chi connectivity index (χ0) is 15.8. The average molecular weight is 406 g/mol. The molecule has 0 atom stereocenters. The van der Waals surface area contributed by atoms with E-state index < -0.39 is 18.4 Å². The Balaban J connectivity index is 2.25. The van der Waals surface area contributed by atoms with Gasteiger partial charge in [0, 0.05) is 0 Å². The first kappa shape index (κ1) is 18.0. The molecular formula is C20H33NSn. The average Bonchev–Trinajstić information content (AvgIpc) is 2.99. The summed E-state index contributed by atoms with van der Waals surface area (Å²) in [6, 6.07) is 8.84. The topological polar surface area (TPSA) is 12.4 Å². The molecule has 1 aliphatic heterocycles. The van der Waals surface area contributed by atoms with E-state index in [1.165, 1.54) is 69.5 Å². The van der Waals surface area contributed by atoms with Crippen LogP contribution in [-0.4, -0.2) is 22.1 Å². The third-order valence-corrected chi connectivity index (χ3v) is 20.8. The van der Waals surface area contributed by atoms with Gasteiger partial charge in [0.2, 0.25) is 0 Å². The summed E-state index contributed by atoms with van der Waals surface area (Å²) in [5.74, 6) is 0. The zero-order valence-electron chi connectivity index (χ0n) is 14.8. The summed E-state index contributed by atoms with van der Waals surface area (Å²) in [7, 11) is 0. The Hall–Kier alpha value is -0.311. The van der Waals surface area contributed by atoms with E-state index in [9.17, 15) is 0 Å². The van der Waals surface area contributed by atoms with Crippen molar-refractivity contribution in [3.8, 4) is 0 Å². The molecule has 0 saturated carbocycles. The van der Waals surface area contributed by atoms with Crippen LogP contribution in [0.3, 0.4) is 0 Å². The fourth-order valence-electron chi connectivity index (χ4n) is 3.79. The van der Waals surface area contributed by atoms with E-state index in [1.807, 2.05) is 0 Å². The molecule has 0 aliphatic carbocycles. The molecule has 1 nitrogen and oxygen atoms in total. The third kappa shape index (κ3) is 4.37. The van der Waals surface area contributed by atoms with Gasteiger partial charge in [-0.3, -0.25) is 0 Å². The molecule has 0 saturated heterocycles. The predicted octanol–water partition coefficient (Wildman–Crippen LogP) is 6.70. The normalized spacial score (nSPS) is 14.0. The molecule has 1 aliphatic rings. The van der Waals surface area contributed by atoms with Crippen molar-refractivity contribution in [2.75, 3.05) is 0 Å². The van der Waals surface area contributed by atoms with Gasteiger partial charge in [-0.05, 0) is 0 Å². The van der Waals surface area contributed by atoms with Gasteiger partial charge in [-0.1, -0.05) is 0 Å². The number of hydrogen-bond donors (Lipinski definition) is 0. The first-order chi connectivity index (χ1) is 10.8. The fourth-order valence-corrected chi connectivity index (χ4v) is 19.9. The van der Waals surface area contributed by atoms with Crippen LogP contribution < -0.4 is 0 Å². The van der Waals surface area contributed by atoms with E-state index >= 15 is 0 Å². The first-order valence-corrected chi connectivity index (χ1v) is 16.9. The van der Waals surface area contributed by atoms with Crippen LogP contribution in [0.25, 0.3) is 0 Å². The SMILES string of the molecule is CCC[CH2][Sn]([CH2]CCC)([CH2]CCC)[C]1=Nc2ccccc2C1. The van der Waals surface area contributed by atoms with Crippen LogP contribution in [0, 0.1) is 0 Å². The molecule has 1 aromatic rings. The quantitative estimate of drug-likeness (QED) is 0.384. The van der Waals surface area contributed by atoms with Gasteiger partial charge < -0.3 is 0 Å². The maximum absolute atomic E-state index is 5.19. The summed E-state index contributed by atoms with van der Waals surface area (Å²) in [5, 5.41) is 0. The number of para-hydroxylation sites is 1. The van der Waals surface area contributed by atoms with Crippen LogP contribution in [0.2, 0.25) is 13.3 Å². The van der Waals surface area contributed by atoms with Crippen molar-refractivity contribution in [2.24, 2.45) is 4.99 Å². The summed E-state index contributed by atoms with van der Waals surface area (Å²) < 4.78 is 6.32. The summed E-state index contributed by atoms with van der Waals surface area (Å²) in [4.78, 5) is 5.19. The number of fused-ring (bicyclic) bond motifs is 1. The maximum atomic E-state index is 5.19. The summed E-state index contributed by atoms with van der Waals surface area (Å²) in [6.07, 6.45) is 9.51. The molecule has 0 radical (unpaired) electrons. The van der Waals surface area contributed by atoms with Gasteiger partial charge in [-0.25, -0.2) is 0 Å². The Morgan fingerprint density at radius 2 is 1.41 bits per heavy atom. The van der Waals surface area contributed by atoms with Gasteiger partial charge in [0.25, 0.3) is 0 Å². The second-order valence-electron chi connectivity index (χ2n) is 6.95. The van der Waals surface area contributed by atoms with Gasteiger partial charge in [0.1, 0.15) is 0 Å². The number of unbranched alkanes of at least 4 members (excludes halogenated alkanes) is 3. The molecule has 1 heterocycles. The second-order valence-corrected chi connectivity index (χ2v) is 20.2. The van der Waals surface area contributed by atoms with Crippen LogP contribution in [0.5, 0.6) is 0 Å². The minimum absolute atomic E-state index is 1.18. The number of hydrogen-bond acceptors (Lipinski definition) is 1. The van der Waals surface area contributed by atoms with Crippen LogP contribution >= 0.6 is 0 Å². The molecule has 0 amide bonds. The molecule has 0 bridgehead atoms. The van der Waals surface area contributed by atoms with Gasteiger partial charge in [-0.2, -0.15) is 0 Å². The first-order valence-electron chi connectivity index (χ1n) is 9.41.